The van der Waals surface area contributed by atoms with Crippen LogP contribution in [0.15, 0.2) is 0 Å². The maximum Gasteiger partial charge on any atom is -0.0229 e. The Kier molecular flexibility index (Phi) is 0.360. The SMILES string of the molecule is C1C2CC34CCC3C4C12. The van der Waals surface area contributed by atoms with Gasteiger partial charge in [-0.25, -0.2) is 0 Å². The molecule has 0 bridgehead atoms. The van der Waals surface area contributed by atoms with Crippen LogP contribution in [0.1, 0.15) is 25.7 Å². The lowest BCUT2D eigenvalue weighted by Crippen LogP contribution is -2.13. The van der Waals surface area contributed by atoms with E-state index in [2.05, 4.69) is 0 Å². The minimum atomic E-state index is 1.02. The van der Waals surface area contributed by atoms with Crippen molar-refractivity contribution < 1.29 is 0 Å². The van der Waals surface area contributed by atoms with Gasteiger partial charge >= 0.3 is 0 Å². The monoisotopic (exact) mass is 120 g/mol. The van der Waals surface area contributed by atoms with Crippen molar-refractivity contribution >= 4 is 0 Å². The van der Waals surface area contributed by atoms with Gasteiger partial charge in [0.1, 0.15) is 0 Å². The molecule has 4 rings (SSSR count). The van der Waals surface area contributed by atoms with Crippen LogP contribution in [0.2, 0.25) is 0 Å². The van der Waals surface area contributed by atoms with Crippen LogP contribution in [0.3, 0.4) is 0 Å². The third kappa shape index (κ3) is 0.235. The molecular weight excluding hydrogens is 108 g/mol. The molecule has 0 aliphatic heterocycles. The Morgan fingerprint density at radius 1 is 1.33 bits per heavy atom. The molecule has 0 heteroatoms. The zero-order chi connectivity index (χ0) is 5.64. The second-order valence-corrected chi connectivity index (χ2v) is 4.77. The average Bonchev–Trinajstić information content (AvgIpc) is 2.60. The average molecular weight is 120 g/mol. The highest BCUT2D eigenvalue weighted by Crippen LogP contribution is 2.87. The molecule has 0 N–H and O–H groups in total. The summed E-state index contributed by atoms with van der Waals surface area (Å²) in [6.07, 6.45) is 6.51. The number of rotatable bonds is 0. The summed E-state index contributed by atoms with van der Waals surface area (Å²) in [6.45, 7) is 0. The van der Waals surface area contributed by atoms with E-state index >= 15 is 0 Å². The highest BCUT2D eigenvalue weighted by atomic mass is 14.8. The Balaban J connectivity index is 1.86. The van der Waals surface area contributed by atoms with Gasteiger partial charge in [-0.1, -0.05) is 0 Å². The van der Waals surface area contributed by atoms with E-state index in [9.17, 15) is 0 Å². The number of hydrogen-bond acceptors (Lipinski definition) is 0. The van der Waals surface area contributed by atoms with E-state index in [4.69, 9.17) is 0 Å². The first kappa shape index (κ1) is 4.00. The maximum atomic E-state index is 1.66. The van der Waals surface area contributed by atoms with Gasteiger partial charge in [-0.2, -0.15) is 0 Å². The van der Waals surface area contributed by atoms with Crippen molar-refractivity contribution in [1.82, 2.24) is 0 Å². The highest BCUT2D eigenvalue weighted by Gasteiger charge is 2.80. The van der Waals surface area contributed by atoms with Crippen LogP contribution in [-0.4, -0.2) is 0 Å². The molecular formula is C9H12. The minimum Gasteiger partial charge on any atom is -0.0491 e. The fraction of sp³-hybridized carbons (Fsp3) is 1.00. The summed E-state index contributed by atoms with van der Waals surface area (Å²) in [5.74, 6) is 5.05. The van der Waals surface area contributed by atoms with Crippen LogP contribution in [-0.2, 0) is 0 Å². The van der Waals surface area contributed by atoms with E-state index < -0.39 is 0 Å². The molecule has 5 atom stereocenters. The first-order valence-electron chi connectivity index (χ1n) is 4.42. The zero-order valence-electron chi connectivity index (χ0n) is 5.64. The molecule has 9 heavy (non-hydrogen) atoms. The van der Waals surface area contributed by atoms with Crippen LogP contribution in [0.25, 0.3) is 0 Å². The van der Waals surface area contributed by atoms with Crippen molar-refractivity contribution in [2.45, 2.75) is 25.7 Å². The molecule has 4 saturated carbocycles. The Morgan fingerprint density at radius 2 is 2.33 bits per heavy atom. The predicted octanol–water partition coefficient (Wildman–Crippen LogP) is 2.05. The summed E-state index contributed by atoms with van der Waals surface area (Å²) in [6, 6.07) is 0. The second-order valence-electron chi connectivity index (χ2n) is 4.77. The lowest BCUT2D eigenvalue weighted by molar-refractivity contribution is 0.267. The maximum absolute atomic E-state index is 1.66. The van der Waals surface area contributed by atoms with E-state index in [-0.39, 0.29) is 0 Å². The Morgan fingerprint density at radius 3 is 2.89 bits per heavy atom. The topological polar surface area (TPSA) is 0 Å². The van der Waals surface area contributed by atoms with Crippen molar-refractivity contribution in [3.63, 3.8) is 0 Å². The Hall–Kier alpha value is 0. The predicted molar refractivity (Wildman–Crippen MR) is 34.9 cm³/mol. The summed E-state index contributed by atoms with van der Waals surface area (Å²) >= 11 is 0. The van der Waals surface area contributed by atoms with Crippen molar-refractivity contribution in [1.29, 1.82) is 0 Å². The van der Waals surface area contributed by atoms with Crippen molar-refractivity contribution in [3.05, 3.63) is 0 Å². The normalized spacial score (nSPS) is 80.0. The summed E-state index contributed by atoms with van der Waals surface area (Å²) in [5, 5.41) is 0. The molecule has 1 spiro atoms. The fourth-order valence-electron chi connectivity index (χ4n) is 4.19. The van der Waals surface area contributed by atoms with Crippen LogP contribution in [0.4, 0.5) is 0 Å². The van der Waals surface area contributed by atoms with Crippen molar-refractivity contribution in [2.24, 2.45) is 29.1 Å². The van der Waals surface area contributed by atoms with Gasteiger partial charge in [0, 0.05) is 0 Å². The first-order chi connectivity index (χ1) is 4.42. The van der Waals surface area contributed by atoms with Gasteiger partial charge in [0.15, 0.2) is 0 Å². The largest absolute Gasteiger partial charge is 0.0491 e. The third-order valence-electron chi connectivity index (χ3n) is 4.73. The molecule has 48 valence electrons. The molecule has 4 aliphatic rings. The minimum absolute atomic E-state index is 1.02. The summed E-state index contributed by atoms with van der Waals surface area (Å²) in [5.41, 5.74) is 1.02. The smallest absolute Gasteiger partial charge is 0.0229 e. The van der Waals surface area contributed by atoms with Crippen LogP contribution < -0.4 is 0 Å². The van der Waals surface area contributed by atoms with Gasteiger partial charge in [0.25, 0.3) is 0 Å². The molecule has 4 aliphatic carbocycles. The van der Waals surface area contributed by atoms with Gasteiger partial charge in [-0.3, -0.25) is 0 Å². The van der Waals surface area contributed by atoms with Gasteiger partial charge in [-0.15, -0.1) is 0 Å². The van der Waals surface area contributed by atoms with E-state index in [0.29, 0.717) is 0 Å². The van der Waals surface area contributed by atoms with Gasteiger partial charge < -0.3 is 0 Å². The van der Waals surface area contributed by atoms with Crippen LogP contribution in [0.5, 0.6) is 0 Å². The number of hydrogen-bond donors (Lipinski definition) is 0. The molecule has 4 fully saturated rings. The van der Waals surface area contributed by atoms with Gasteiger partial charge in [-0.05, 0) is 54.8 Å². The second kappa shape index (κ2) is 0.810. The third-order valence-corrected chi connectivity index (χ3v) is 4.73. The molecule has 0 saturated heterocycles. The molecule has 0 aromatic rings. The number of fused-ring (bicyclic) bond motifs is 3. The molecule has 5 unspecified atom stereocenters. The van der Waals surface area contributed by atoms with Gasteiger partial charge in [0.2, 0.25) is 0 Å². The molecule has 0 amide bonds. The highest BCUT2D eigenvalue weighted by molar-refractivity contribution is 5.28. The van der Waals surface area contributed by atoms with Crippen LogP contribution >= 0.6 is 0 Å². The quantitative estimate of drug-likeness (QED) is 0.459. The lowest BCUT2D eigenvalue weighted by atomic mass is 9.81. The lowest BCUT2D eigenvalue weighted by Gasteiger charge is -2.23. The van der Waals surface area contributed by atoms with E-state index in [1.807, 2.05) is 0 Å². The van der Waals surface area contributed by atoms with E-state index in [0.717, 1.165) is 5.41 Å². The molecule has 0 aromatic heterocycles. The Bertz CT molecular complexity index is 192. The van der Waals surface area contributed by atoms with E-state index in [1.165, 1.54) is 23.7 Å². The molecule has 0 radical (unpaired) electrons. The zero-order valence-corrected chi connectivity index (χ0v) is 5.64. The molecule has 0 aromatic carbocycles. The summed E-state index contributed by atoms with van der Waals surface area (Å²) in [4.78, 5) is 0. The van der Waals surface area contributed by atoms with E-state index in [1.54, 1.807) is 25.7 Å². The van der Waals surface area contributed by atoms with Gasteiger partial charge in [0.05, 0.1) is 0 Å². The standard InChI is InChI=1S/C9H12/c1-2-9-4-5-3-6(5)8(9)7(1)9/h5-8H,1-4H2. The molecule has 0 nitrogen and oxygen atoms in total. The summed E-state index contributed by atoms with van der Waals surface area (Å²) < 4.78 is 0. The Labute approximate surface area is 55.6 Å². The first-order valence-corrected chi connectivity index (χ1v) is 4.42. The molecule has 0 heterocycles. The summed E-state index contributed by atoms with van der Waals surface area (Å²) in [7, 11) is 0. The fourth-order valence-corrected chi connectivity index (χ4v) is 4.19. The van der Waals surface area contributed by atoms with Crippen LogP contribution in [0, 0.1) is 29.1 Å². The van der Waals surface area contributed by atoms with Crippen molar-refractivity contribution in [3.8, 4) is 0 Å². The van der Waals surface area contributed by atoms with Crippen molar-refractivity contribution in [2.75, 3.05) is 0 Å².